The van der Waals surface area contributed by atoms with E-state index in [-0.39, 0.29) is 5.91 Å². The third kappa shape index (κ3) is 4.57. The van der Waals surface area contributed by atoms with Gasteiger partial charge in [-0.25, -0.2) is 0 Å². The van der Waals surface area contributed by atoms with Crippen molar-refractivity contribution < 1.29 is 4.79 Å². The average molecular weight is 364 g/mol. The number of amides is 1. The van der Waals surface area contributed by atoms with Crippen molar-refractivity contribution in [2.75, 3.05) is 19.6 Å². The van der Waals surface area contributed by atoms with Crippen molar-refractivity contribution in [3.05, 3.63) is 71.3 Å². The third-order valence-electron chi connectivity index (χ3n) is 6.07. The quantitative estimate of drug-likeness (QED) is 0.794. The molecule has 0 spiro atoms. The van der Waals surface area contributed by atoms with Gasteiger partial charge in [-0.1, -0.05) is 48.5 Å². The maximum atomic E-state index is 11.6. The van der Waals surface area contributed by atoms with Gasteiger partial charge >= 0.3 is 0 Å². The fourth-order valence-electron chi connectivity index (χ4n) is 4.30. The summed E-state index contributed by atoms with van der Waals surface area (Å²) in [5.41, 5.74) is 8.67. The van der Waals surface area contributed by atoms with Gasteiger partial charge in [0.05, 0.1) is 0 Å². The summed E-state index contributed by atoms with van der Waals surface area (Å²) in [6.07, 6.45) is 3.70. The first-order valence-electron chi connectivity index (χ1n) is 10.1. The molecule has 142 valence electrons. The lowest BCUT2D eigenvalue weighted by molar-refractivity contribution is 0.0997. The second kappa shape index (κ2) is 8.24. The SMILES string of the molecule is NC(=O)c1ccccc1CN1CCC(CN[C@@H]2C[C@H]2c2ccccc2)CC1. The van der Waals surface area contributed by atoms with Crippen molar-refractivity contribution in [3.63, 3.8) is 0 Å². The zero-order chi connectivity index (χ0) is 18.6. The lowest BCUT2D eigenvalue weighted by Gasteiger charge is -2.32. The number of nitrogens with one attached hydrogen (secondary N) is 1. The van der Waals surface area contributed by atoms with E-state index in [4.69, 9.17) is 5.73 Å². The topological polar surface area (TPSA) is 58.4 Å². The molecule has 1 amide bonds. The molecule has 2 fully saturated rings. The number of likely N-dealkylation sites (tertiary alicyclic amines) is 1. The van der Waals surface area contributed by atoms with E-state index in [1.165, 1.54) is 24.8 Å². The molecule has 0 unspecified atom stereocenters. The van der Waals surface area contributed by atoms with Crippen LogP contribution in [0.1, 0.15) is 46.7 Å². The highest BCUT2D eigenvalue weighted by Gasteiger charge is 2.38. The summed E-state index contributed by atoms with van der Waals surface area (Å²) in [6.45, 7) is 4.12. The molecule has 1 saturated heterocycles. The number of carbonyl (C=O) groups is 1. The van der Waals surface area contributed by atoms with Crippen molar-refractivity contribution in [1.29, 1.82) is 0 Å². The lowest BCUT2D eigenvalue weighted by atomic mass is 9.96. The van der Waals surface area contributed by atoms with Gasteiger partial charge in [-0.2, -0.15) is 0 Å². The lowest BCUT2D eigenvalue weighted by Crippen LogP contribution is -2.37. The van der Waals surface area contributed by atoms with Crippen LogP contribution in [0.5, 0.6) is 0 Å². The Balaban J connectivity index is 1.21. The maximum Gasteiger partial charge on any atom is 0.249 e. The van der Waals surface area contributed by atoms with Gasteiger partial charge in [-0.3, -0.25) is 9.69 Å². The van der Waals surface area contributed by atoms with Crippen LogP contribution in [0.2, 0.25) is 0 Å². The smallest absolute Gasteiger partial charge is 0.249 e. The highest BCUT2D eigenvalue weighted by atomic mass is 16.1. The van der Waals surface area contributed by atoms with Crippen molar-refractivity contribution in [3.8, 4) is 0 Å². The van der Waals surface area contributed by atoms with E-state index in [0.29, 0.717) is 17.5 Å². The number of carbonyl (C=O) groups excluding carboxylic acids is 1. The number of nitrogens with zero attached hydrogens (tertiary/aromatic N) is 1. The molecule has 0 bridgehead atoms. The van der Waals surface area contributed by atoms with Crippen LogP contribution >= 0.6 is 0 Å². The molecule has 1 heterocycles. The maximum absolute atomic E-state index is 11.6. The normalized spacial score (nSPS) is 23.3. The average Bonchev–Trinajstić information content (AvgIpc) is 3.48. The molecule has 2 atom stereocenters. The summed E-state index contributed by atoms with van der Waals surface area (Å²) in [6, 6.07) is 19.2. The van der Waals surface area contributed by atoms with Gasteiger partial charge < -0.3 is 11.1 Å². The van der Waals surface area contributed by atoms with Crippen LogP contribution in [0.4, 0.5) is 0 Å². The second-order valence-corrected chi connectivity index (χ2v) is 8.01. The van der Waals surface area contributed by atoms with Gasteiger partial charge in [-0.05, 0) is 62.0 Å². The molecule has 4 heteroatoms. The highest BCUT2D eigenvalue weighted by Crippen LogP contribution is 2.40. The summed E-state index contributed by atoms with van der Waals surface area (Å²) in [5.74, 6) is 1.13. The minimum absolute atomic E-state index is 0.331. The summed E-state index contributed by atoms with van der Waals surface area (Å²) in [5, 5.41) is 3.78. The summed E-state index contributed by atoms with van der Waals surface area (Å²) < 4.78 is 0. The van der Waals surface area contributed by atoms with Crippen LogP contribution in [0.15, 0.2) is 54.6 Å². The second-order valence-electron chi connectivity index (χ2n) is 8.01. The van der Waals surface area contributed by atoms with Crippen LogP contribution in [0.25, 0.3) is 0 Å². The zero-order valence-electron chi connectivity index (χ0n) is 15.8. The Morgan fingerprint density at radius 1 is 1.04 bits per heavy atom. The largest absolute Gasteiger partial charge is 0.366 e. The Labute approximate surface area is 161 Å². The molecular formula is C23H29N3O. The predicted molar refractivity (Wildman–Crippen MR) is 109 cm³/mol. The first-order valence-corrected chi connectivity index (χ1v) is 10.1. The molecule has 27 heavy (non-hydrogen) atoms. The Morgan fingerprint density at radius 3 is 2.48 bits per heavy atom. The highest BCUT2D eigenvalue weighted by molar-refractivity contribution is 5.94. The number of hydrogen-bond donors (Lipinski definition) is 2. The molecular weight excluding hydrogens is 334 g/mol. The van der Waals surface area contributed by atoms with Gasteiger partial charge in [0.25, 0.3) is 0 Å². The van der Waals surface area contributed by atoms with E-state index in [2.05, 4.69) is 40.5 Å². The van der Waals surface area contributed by atoms with Crippen LogP contribution in [-0.2, 0) is 6.54 Å². The van der Waals surface area contributed by atoms with Crippen LogP contribution in [0, 0.1) is 5.92 Å². The number of piperidine rings is 1. The predicted octanol–water partition coefficient (Wildman–Crippen LogP) is 3.14. The molecule has 1 saturated carbocycles. The number of benzene rings is 2. The Morgan fingerprint density at radius 2 is 1.74 bits per heavy atom. The van der Waals surface area contributed by atoms with E-state index in [0.717, 1.165) is 37.7 Å². The Kier molecular flexibility index (Phi) is 5.55. The number of nitrogens with two attached hydrogens (primary N) is 1. The summed E-state index contributed by atoms with van der Waals surface area (Å²) in [7, 11) is 0. The van der Waals surface area contributed by atoms with Crippen LogP contribution in [0.3, 0.4) is 0 Å². The third-order valence-corrected chi connectivity index (χ3v) is 6.07. The standard InChI is InChI=1S/C23H29N3O/c24-23(27)20-9-5-4-8-19(20)16-26-12-10-17(11-13-26)15-25-22-14-21(22)18-6-2-1-3-7-18/h1-9,17,21-22,25H,10-16H2,(H2,24,27)/t21-,22+/m0/s1. The number of hydrogen-bond acceptors (Lipinski definition) is 3. The van der Waals surface area contributed by atoms with Crippen molar-refractivity contribution in [1.82, 2.24) is 10.2 Å². The van der Waals surface area contributed by atoms with Gasteiger partial charge in [0.1, 0.15) is 0 Å². The number of rotatable bonds is 7. The first kappa shape index (κ1) is 18.2. The van der Waals surface area contributed by atoms with Gasteiger partial charge in [0.2, 0.25) is 5.91 Å². The Hall–Kier alpha value is -2.17. The fourth-order valence-corrected chi connectivity index (χ4v) is 4.30. The van der Waals surface area contributed by atoms with Gasteiger partial charge in [0, 0.05) is 24.1 Å². The number of primary amides is 1. The van der Waals surface area contributed by atoms with E-state index in [9.17, 15) is 4.79 Å². The molecule has 2 aromatic rings. The molecule has 4 nitrogen and oxygen atoms in total. The minimum atomic E-state index is -0.331. The van der Waals surface area contributed by atoms with Crippen molar-refractivity contribution >= 4 is 5.91 Å². The van der Waals surface area contributed by atoms with E-state index < -0.39 is 0 Å². The molecule has 0 radical (unpaired) electrons. The van der Waals surface area contributed by atoms with Crippen LogP contribution in [-0.4, -0.2) is 36.5 Å². The van der Waals surface area contributed by atoms with Crippen LogP contribution < -0.4 is 11.1 Å². The van der Waals surface area contributed by atoms with E-state index in [1.807, 2.05) is 24.3 Å². The molecule has 2 aromatic carbocycles. The first-order chi connectivity index (χ1) is 13.2. The summed E-state index contributed by atoms with van der Waals surface area (Å²) >= 11 is 0. The monoisotopic (exact) mass is 363 g/mol. The molecule has 0 aromatic heterocycles. The van der Waals surface area contributed by atoms with Gasteiger partial charge in [-0.15, -0.1) is 0 Å². The molecule has 1 aliphatic heterocycles. The molecule has 1 aliphatic carbocycles. The minimum Gasteiger partial charge on any atom is -0.366 e. The van der Waals surface area contributed by atoms with Crippen molar-refractivity contribution in [2.24, 2.45) is 11.7 Å². The zero-order valence-corrected chi connectivity index (χ0v) is 15.8. The fraction of sp³-hybridized carbons (Fsp3) is 0.435. The Bertz CT molecular complexity index is 768. The van der Waals surface area contributed by atoms with E-state index in [1.54, 1.807) is 0 Å². The molecule has 2 aliphatic rings. The summed E-state index contributed by atoms with van der Waals surface area (Å²) in [4.78, 5) is 14.0. The molecule has 3 N–H and O–H groups in total. The van der Waals surface area contributed by atoms with E-state index >= 15 is 0 Å². The van der Waals surface area contributed by atoms with Gasteiger partial charge in [0.15, 0.2) is 0 Å². The molecule has 4 rings (SSSR count). The van der Waals surface area contributed by atoms with Crippen molar-refractivity contribution in [2.45, 2.75) is 37.8 Å².